The van der Waals surface area contributed by atoms with E-state index in [-0.39, 0.29) is 17.8 Å². The van der Waals surface area contributed by atoms with Gasteiger partial charge in [-0.3, -0.25) is 4.79 Å². The van der Waals surface area contributed by atoms with E-state index < -0.39 is 0 Å². The van der Waals surface area contributed by atoms with Crippen molar-refractivity contribution in [1.82, 2.24) is 5.32 Å². The molecule has 0 atom stereocenters. The summed E-state index contributed by atoms with van der Waals surface area (Å²) in [6.07, 6.45) is 4.26. The zero-order valence-corrected chi connectivity index (χ0v) is 12.4. The smallest absolute Gasteiger partial charge is 0.251 e. The third-order valence-corrected chi connectivity index (χ3v) is 3.88. The van der Waals surface area contributed by atoms with Crippen LogP contribution in [0.3, 0.4) is 0 Å². The minimum absolute atomic E-state index is 0.202. The van der Waals surface area contributed by atoms with Gasteiger partial charge in [-0.1, -0.05) is 0 Å². The van der Waals surface area contributed by atoms with Gasteiger partial charge in [0.2, 0.25) is 0 Å². The molecule has 21 heavy (non-hydrogen) atoms. The lowest BCUT2D eigenvalue weighted by Crippen LogP contribution is -2.33. The molecule has 116 valence electrons. The lowest BCUT2D eigenvalue weighted by molar-refractivity contribution is 0.0267. The van der Waals surface area contributed by atoms with E-state index in [1.165, 1.54) is 12.1 Å². The van der Waals surface area contributed by atoms with Crippen molar-refractivity contribution in [2.75, 3.05) is 13.2 Å². The standard InChI is InChI=1S/C16H23FN2O2/c1-11-10-12(2-7-15(11)17)16(20)19-8-9-21-14-5-3-13(18)4-6-14/h2,7,10,13-14H,3-6,8-9,18H2,1H3,(H,19,20). The number of hydrogen-bond acceptors (Lipinski definition) is 3. The highest BCUT2D eigenvalue weighted by Crippen LogP contribution is 2.19. The summed E-state index contributed by atoms with van der Waals surface area (Å²) in [5.41, 5.74) is 6.78. The molecule has 0 aliphatic heterocycles. The van der Waals surface area contributed by atoms with Crippen LogP contribution in [0.2, 0.25) is 0 Å². The number of aryl methyl sites for hydroxylation is 1. The Balaban J connectivity index is 1.68. The Kier molecular flexibility index (Phi) is 5.70. The molecule has 5 heteroatoms. The fraction of sp³-hybridized carbons (Fsp3) is 0.562. The lowest BCUT2D eigenvalue weighted by atomic mass is 9.94. The predicted molar refractivity (Wildman–Crippen MR) is 79.7 cm³/mol. The quantitative estimate of drug-likeness (QED) is 0.818. The van der Waals surface area contributed by atoms with Crippen LogP contribution >= 0.6 is 0 Å². The summed E-state index contributed by atoms with van der Waals surface area (Å²) >= 11 is 0. The third-order valence-electron chi connectivity index (χ3n) is 3.88. The number of hydrogen-bond donors (Lipinski definition) is 2. The molecule has 1 aliphatic rings. The van der Waals surface area contributed by atoms with Gasteiger partial charge in [-0.15, -0.1) is 0 Å². The first-order valence-corrected chi connectivity index (χ1v) is 7.48. The van der Waals surface area contributed by atoms with Crippen molar-refractivity contribution in [2.45, 2.75) is 44.8 Å². The summed E-state index contributed by atoms with van der Waals surface area (Å²) in [5.74, 6) is -0.502. The molecule has 0 radical (unpaired) electrons. The van der Waals surface area contributed by atoms with E-state index in [0.29, 0.717) is 30.3 Å². The SMILES string of the molecule is Cc1cc(C(=O)NCCOC2CCC(N)CC2)ccc1F. The van der Waals surface area contributed by atoms with Crippen LogP contribution in [0.15, 0.2) is 18.2 Å². The second kappa shape index (κ2) is 7.52. The second-order valence-corrected chi connectivity index (χ2v) is 5.63. The minimum atomic E-state index is -0.301. The number of carbonyl (C=O) groups excluding carboxylic acids is 1. The maximum absolute atomic E-state index is 13.1. The number of ether oxygens (including phenoxy) is 1. The molecule has 0 heterocycles. The van der Waals surface area contributed by atoms with E-state index in [1.54, 1.807) is 13.0 Å². The van der Waals surface area contributed by atoms with E-state index in [2.05, 4.69) is 5.32 Å². The van der Waals surface area contributed by atoms with Crippen molar-refractivity contribution in [3.8, 4) is 0 Å². The first kappa shape index (κ1) is 15.9. The molecule has 3 N–H and O–H groups in total. The molecule has 1 aliphatic carbocycles. The number of rotatable bonds is 5. The average molecular weight is 294 g/mol. The van der Waals surface area contributed by atoms with Gasteiger partial charge in [-0.25, -0.2) is 4.39 Å². The minimum Gasteiger partial charge on any atom is -0.376 e. The number of nitrogens with one attached hydrogen (secondary N) is 1. The average Bonchev–Trinajstić information content (AvgIpc) is 2.48. The predicted octanol–water partition coefficient (Wildman–Crippen LogP) is 2.15. The van der Waals surface area contributed by atoms with Crippen molar-refractivity contribution in [1.29, 1.82) is 0 Å². The van der Waals surface area contributed by atoms with Crippen LogP contribution in [0.25, 0.3) is 0 Å². The van der Waals surface area contributed by atoms with Crippen LogP contribution < -0.4 is 11.1 Å². The fourth-order valence-corrected chi connectivity index (χ4v) is 2.53. The van der Waals surface area contributed by atoms with Gasteiger partial charge in [0.1, 0.15) is 5.82 Å². The fourth-order valence-electron chi connectivity index (χ4n) is 2.53. The molecular weight excluding hydrogens is 271 g/mol. The molecule has 0 spiro atoms. The highest BCUT2D eigenvalue weighted by atomic mass is 19.1. The number of amides is 1. The highest BCUT2D eigenvalue weighted by molar-refractivity contribution is 5.94. The van der Waals surface area contributed by atoms with Gasteiger partial charge in [-0.2, -0.15) is 0 Å². The molecule has 1 aromatic rings. The molecule has 1 aromatic carbocycles. The van der Waals surface area contributed by atoms with Gasteiger partial charge in [0.05, 0.1) is 12.7 Å². The Morgan fingerprint density at radius 2 is 2.10 bits per heavy atom. The van der Waals surface area contributed by atoms with E-state index in [0.717, 1.165) is 25.7 Å². The van der Waals surface area contributed by atoms with Crippen molar-refractivity contribution >= 4 is 5.91 Å². The Morgan fingerprint density at radius 1 is 1.38 bits per heavy atom. The highest BCUT2D eigenvalue weighted by Gasteiger charge is 2.18. The summed E-state index contributed by atoms with van der Waals surface area (Å²) in [6.45, 7) is 2.59. The first-order chi connectivity index (χ1) is 10.1. The van der Waals surface area contributed by atoms with E-state index in [1.807, 2.05) is 0 Å². The summed E-state index contributed by atoms with van der Waals surface area (Å²) < 4.78 is 18.9. The third kappa shape index (κ3) is 4.79. The van der Waals surface area contributed by atoms with Crippen molar-refractivity contribution in [2.24, 2.45) is 5.73 Å². The Bertz CT molecular complexity index is 485. The van der Waals surface area contributed by atoms with Crippen LogP contribution in [0.5, 0.6) is 0 Å². The van der Waals surface area contributed by atoms with Crippen LogP contribution in [-0.2, 0) is 4.74 Å². The number of nitrogens with two attached hydrogens (primary N) is 1. The van der Waals surface area contributed by atoms with Gasteiger partial charge >= 0.3 is 0 Å². The van der Waals surface area contributed by atoms with Crippen molar-refractivity contribution < 1.29 is 13.9 Å². The van der Waals surface area contributed by atoms with Crippen molar-refractivity contribution in [3.05, 3.63) is 35.1 Å². The molecule has 1 fully saturated rings. The summed E-state index contributed by atoms with van der Waals surface area (Å²) in [4.78, 5) is 11.9. The Labute approximate surface area is 124 Å². The molecule has 0 saturated heterocycles. The number of carbonyl (C=O) groups is 1. The first-order valence-electron chi connectivity index (χ1n) is 7.48. The maximum Gasteiger partial charge on any atom is 0.251 e. The molecule has 0 bridgehead atoms. The molecule has 0 aromatic heterocycles. The molecule has 4 nitrogen and oxygen atoms in total. The van der Waals surface area contributed by atoms with Gasteiger partial charge in [0.15, 0.2) is 0 Å². The number of halogens is 1. The van der Waals surface area contributed by atoms with E-state index in [4.69, 9.17) is 10.5 Å². The van der Waals surface area contributed by atoms with Crippen molar-refractivity contribution in [3.63, 3.8) is 0 Å². The molecule has 0 unspecified atom stereocenters. The van der Waals surface area contributed by atoms with E-state index >= 15 is 0 Å². The number of benzene rings is 1. The van der Waals surface area contributed by atoms with Gasteiger partial charge in [0, 0.05) is 18.2 Å². The van der Waals surface area contributed by atoms with Crippen LogP contribution in [0, 0.1) is 12.7 Å². The second-order valence-electron chi connectivity index (χ2n) is 5.63. The maximum atomic E-state index is 13.1. The summed E-state index contributed by atoms with van der Waals surface area (Å²) in [5, 5.41) is 2.78. The van der Waals surface area contributed by atoms with Gasteiger partial charge in [-0.05, 0) is 56.4 Å². The largest absolute Gasteiger partial charge is 0.376 e. The summed E-state index contributed by atoms with van der Waals surface area (Å²) in [6, 6.07) is 4.66. The Hall–Kier alpha value is -1.46. The Morgan fingerprint density at radius 3 is 2.76 bits per heavy atom. The zero-order chi connectivity index (χ0) is 15.2. The molecule has 2 rings (SSSR count). The van der Waals surface area contributed by atoms with Gasteiger partial charge in [0.25, 0.3) is 5.91 Å². The molecule has 1 amide bonds. The summed E-state index contributed by atoms with van der Waals surface area (Å²) in [7, 11) is 0. The van der Waals surface area contributed by atoms with Crippen LogP contribution in [0.1, 0.15) is 41.6 Å². The topological polar surface area (TPSA) is 64.3 Å². The van der Waals surface area contributed by atoms with Crippen LogP contribution in [-0.4, -0.2) is 31.2 Å². The molecule has 1 saturated carbocycles. The van der Waals surface area contributed by atoms with Crippen LogP contribution in [0.4, 0.5) is 4.39 Å². The van der Waals surface area contributed by atoms with E-state index in [9.17, 15) is 9.18 Å². The lowest BCUT2D eigenvalue weighted by Gasteiger charge is -2.26. The monoisotopic (exact) mass is 294 g/mol. The van der Waals surface area contributed by atoms with Gasteiger partial charge < -0.3 is 15.8 Å². The molecular formula is C16H23FN2O2. The normalized spacial score (nSPS) is 22.0. The zero-order valence-electron chi connectivity index (χ0n) is 12.4.